The summed E-state index contributed by atoms with van der Waals surface area (Å²) in [7, 11) is -1.66. The van der Waals surface area contributed by atoms with Crippen molar-refractivity contribution in [2.75, 3.05) is 33.1 Å². The van der Waals surface area contributed by atoms with Crippen LogP contribution in [-0.2, 0) is 19.6 Å². The SMILES string of the molecule is COCCC1(NS(C)(=O)=O)CCN(C(=O)CC2CCCC2)CC1. The second-order valence-corrected chi connectivity index (χ2v) is 8.88. The van der Waals surface area contributed by atoms with Crippen molar-refractivity contribution in [1.29, 1.82) is 0 Å². The smallest absolute Gasteiger partial charge is 0.222 e. The Hall–Kier alpha value is -0.660. The Bertz CT molecular complexity index is 492. The molecule has 1 aliphatic carbocycles. The topological polar surface area (TPSA) is 75.7 Å². The highest BCUT2D eigenvalue weighted by Gasteiger charge is 2.38. The minimum Gasteiger partial charge on any atom is -0.385 e. The molecule has 134 valence electrons. The third-order valence-corrected chi connectivity index (χ3v) is 6.00. The maximum absolute atomic E-state index is 12.4. The highest BCUT2D eigenvalue weighted by molar-refractivity contribution is 7.88. The van der Waals surface area contributed by atoms with Crippen molar-refractivity contribution in [2.45, 2.75) is 56.9 Å². The van der Waals surface area contributed by atoms with Crippen LogP contribution < -0.4 is 4.72 Å². The first-order valence-electron chi connectivity index (χ1n) is 8.59. The fourth-order valence-corrected chi connectivity index (χ4v) is 4.96. The van der Waals surface area contributed by atoms with Crippen molar-refractivity contribution in [1.82, 2.24) is 9.62 Å². The second-order valence-electron chi connectivity index (χ2n) is 7.13. The summed E-state index contributed by atoms with van der Waals surface area (Å²) in [4.78, 5) is 14.3. The molecule has 2 rings (SSSR count). The van der Waals surface area contributed by atoms with Crippen LogP contribution in [0.25, 0.3) is 0 Å². The second kappa shape index (κ2) is 7.94. The van der Waals surface area contributed by atoms with E-state index in [4.69, 9.17) is 4.74 Å². The minimum absolute atomic E-state index is 0.233. The van der Waals surface area contributed by atoms with Gasteiger partial charge in [0.25, 0.3) is 0 Å². The van der Waals surface area contributed by atoms with Gasteiger partial charge < -0.3 is 9.64 Å². The molecule has 1 amide bonds. The van der Waals surface area contributed by atoms with E-state index in [2.05, 4.69) is 4.72 Å². The molecule has 7 heteroatoms. The van der Waals surface area contributed by atoms with Crippen molar-refractivity contribution in [2.24, 2.45) is 5.92 Å². The van der Waals surface area contributed by atoms with Crippen molar-refractivity contribution in [3.63, 3.8) is 0 Å². The third-order valence-electron chi connectivity index (χ3n) is 5.20. The van der Waals surface area contributed by atoms with Gasteiger partial charge in [0.05, 0.1) is 6.26 Å². The Kier molecular flexibility index (Phi) is 6.45. The molecule has 6 nitrogen and oxygen atoms in total. The van der Waals surface area contributed by atoms with E-state index < -0.39 is 15.6 Å². The summed E-state index contributed by atoms with van der Waals surface area (Å²) in [5.41, 5.74) is -0.478. The number of amides is 1. The summed E-state index contributed by atoms with van der Waals surface area (Å²) >= 11 is 0. The molecule has 0 bridgehead atoms. The lowest BCUT2D eigenvalue weighted by Gasteiger charge is -2.42. The van der Waals surface area contributed by atoms with Gasteiger partial charge in [-0.2, -0.15) is 0 Å². The Morgan fingerprint density at radius 1 is 1.26 bits per heavy atom. The number of methoxy groups -OCH3 is 1. The van der Waals surface area contributed by atoms with Gasteiger partial charge in [0.2, 0.25) is 15.9 Å². The maximum Gasteiger partial charge on any atom is 0.222 e. The predicted molar refractivity (Wildman–Crippen MR) is 89.6 cm³/mol. The Morgan fingerprint density at radius 3 is 2.39 bits per heavy atom. The van der Waals surface area contributed by atoms with E-state index in [9.17, 15) is 13.2 Å². The van der Waals surface area contributed by atoms with E-state index in [-0.39, 0.29) is 5.91 Å². The normalized spacial score (nSPS) is 22.4. The van der Waals surface area contributed by atoms with E-state index in [1.807, 2.05) is 4.90 Å². The van der Waals surface area contributed by atoms with Gasteiger partial charge in [-0.1, -0.05) is 12.8 Å². The highest BCUT2D eigenvalue weighted by Crippen LogP contribution is 2.30. The lowest BCUT2D eigenvalue weighted by molar-refractivity contribution is -0.133. The van der Waals surface area contributed by atoms with E-state index in [0.29, 0.717) is 51.3 Å². The van der Waals surface area contributed by atoms with Crippen LogP contribution in [0.15, 0.2) is 0 Å². The monoisotopic (exact) mass is 346 g/mol. The summed E-state index contributed by atoms with van der Waals surface area (Å²) in [5.74, 6) is 0.786. The lowest BCUT2D eigenvalue weighted by Crippen LogP contribution is -2.56. The molecule has 0 aromatic carbocycles. The average Bonchev–Trinajstić information content (AvgIpc) is 2.97. The summed E-state index contributed by atoms with van der Waals surface area (Å²) < 4.78 is 31.3. The van der Waals surface area contributed by atoms with Crippen molar-refractivity contribution >= 4 is 15.9 Å². The van der Waals surface area contributed by atoms with E-state index in [1.165, 1.54) is 31.9 Å². The predicted octanol–water partition coefficient (Wildman–Crippen LogP) is 1.51. The number of rotatable bonds is 7. The molecule has 0 unspecified atom stereocenters. The van der Waals surface area contributed by atoms with Gasteiger partial charge in [0, 0.05) is 38.8 Å². The van der Waals surface area contributed by atoms with Crippen molar-refractivity contribution in [3.05, 3.63) is 0 Å². The first kappa shape index (κ1) is 18.7. The van der Waals surface area contributed by atoms with Crippen LogP contribution >= 0.6 is 0 Å². The van der Waals surface area contributed by atoms with Crippen LogP contribution in [0.3, 0.4) is 0 Å². The zero-order valence-electron chi connectivity index (χ0n) is 14.3. The molecule has 2 aliphatic rings. The summed E-state index contributed by atoms with van der Waals surface area (Å²) in [6, 6.07) is 0. The summed E-state index contributed by atoms with van der Waals surface area (Å²) in [6.45, 7) is 1.76. The number of ether oxygens (including phenoxy) is 1. The largest absolute Gasteiger partial charge is 0.385 e. The molecule has 0 atom stereocenters. The zero-order chi connectivity index (χ0) is 16.9. The van der Waals surface area contributed by atoms with Gasteiger partial charge in [0.15, 0.2) is 0 Å². The number of carbonyl (C=O) groups excluding carboxylic acids is 1. The molecule has 1 aliphatic heterocycles. The van der Waals surface area contributed by atoms with Gasteiger partial charge >= 0.3 is 0 Å². The van der Waals surface area contributed by atoms with Crippen LogP contribution in [0.1, 0.15) is 51.4 Å². The summed E-state index contributed by atoms with van der Waals surface area (Å²) in [6.07, 6.45) is 8.64. The van der Waals surface area contributed by atoms with Crippen LogP contribution in [0, 0.1) is 5.92 Å². The van der Waals surface area contributed by atoms with E-state index in [0.717, 1.165) is 0 Å². The molecular weight excluding hydrogens is 316 g/mol. The number of hydrogen-bond donors (Lipinski definition) is 1. The van der Waals surface area contributed by atoms with Crippen molar-refractivity contribution in [3.8, 4) is 0 Å². The lowest BCUT2D eigenvalue weighted by atomic mass is 9.85. The van der Waals surface area contributed by atoms with Crippen LogP contribution in [-0.4, -0.2) is 57.8 Å². The van der Waals surface area contributed by atoms with Gasteiger partial charge in [0.1, 0.15) is 0 Å². The molecule has 23 heavy (non-hydrogen) atoms. The number of nitrogens with one attached hydrogen (secondary N) is 1. The van der Waals surface area contributed by atoms with Crippen LogP contribution in [0.5, 0.6) is 0 Å². The van der Waals surface area contributed by atoms with Gasteiger partial charge in [-0.25, -0.2) is 13.1 Å². The molecule has 0 aromatic rings. The molecule has 1 N–H and O–H groups in total. The van der Waals surface area contributed by atoms with Gasteiger partial charge in [-0.15, -0.1) is 0 Å². The fourth-order valence-electron chi connectivity index (χ4n) is 3.87. The fraction of sp³-hybridized carbons (Fsp3) is 0.938. The number of hydrogen-bond acceptors (Lipinski definition) is 4. The Morgan fingerprint density at radius 2 is 1.87 bits per heavy atom. The Labute approximate surface area is 140 Å². The molecule has 0 aromatic heterocycles. The standard InChI is InChI=1S/C16H30N2O4S/c1-22-12-9-16(17-23(2,20)21)7-10-18(11-8-16)15(19)13-14-5-3-4-6-14/h14,17H,3-13H2,1-2H3. The van der Waals surface area contributed by atoms with E-state index in [1.54, 1.807) is 7.11 Å². The molecule has 0 radical (unpaired) electrons. The number of likely N-dealkylation sites (tertiary alicyclic amines) is 1. The molecule has 0 spiro atoms. The molecule has 1 saturated carbocycles. The minimum atomic E-state index is -3.28. The van der Waals surface area contributed by atoms with Gasteiger partial charge in [-0.05, 0) is 38.0 Å². The van der Waals surface area contributed by atoms with Crippen LogP contribution in [0.2, 0.25) is 0 Å². The summed E-state index contributed by atoms with van der Waals surface area (Å²) in [5, 5.41) is 0. The molecular formula is C16H30N2O4S. The number of piperidine rings is 1. The Balaban J connectivity index is 1.91. The number of sulfonamides is 1. The average molecular weight is 346 g/mol. The molecule has 1 heterocycles. The maximum atomic E-state index is 12.4. The third kappa shape index (κ3) is 5.72. The van der Waals surface area contributed by atoms with Gasteiger partial charge in [-0.3, -0.25) is 4.79 Å². The highest BCUT2D eigenvalue weighted by atomic mass is 32.2. The number of nitrogens with zero attached hydrogens (tertiary/aromatic N) is 1. The van der Waals surface area contributed by atoms with Crippen LogP contribution in [0.4, 0.5) is 0 Å². The number of carbonyl (C=O) groups is 1. The zero-order valence-corrected chi connectivity index (χ0v) is 15.2. The molecule has 1 saturated heterocycles. The van der Waals surface area contributed by atoms with E-state index >= 15 is 0 Å². The first-order chi connectivity index (χ1) is 10.8. The molecule has 2 fully saturated rings. The van der Waals surface area contributed by atoms with Crippen molar-refractivity contribution < 1.29 is 17.9 Å². The quantitative estimate of drug-likeness (QED) is 0.758. The first-order valence-corrected chi connectivity index (χ1v) is 10.5.